The number of esters is 1. The van der Waals surface area contributed by atoms with Gasteiger partial charge in [-0.05, 0) is 102 Å². The molecule has 0 aromatic rings. The molecule has 3 fully saturated rings. The van der Waals surface area contributed by atoms with Gasteiger partial charge in [-0.3, -0.25) is 14.4 Å². The van der Waals surface area contributed by atoms with E-state index in [0.717, 1.165) is 11.1 Å². The van der Waals surface area contributed by atoms with Crippen LogP contribution in [-0.4, -0.2) is 109 Å². The van der Waals surface area contributed by atoms with Crippen molar-refractivity contribution < 1.29 is 48.0 Å². The number of cyclic esters (lactones) is 1. The molecule has 55 heavy (non-hydrogen) atoms. The number of piperidine rings is 1. The van der Waals surface area contributed by atoms with Gasteiger partial charge in [0.05, 0.1) is 23.7 Å². The zero-order valence-electron chi connectivity index (χ0n) is 34.5. The van der Waals surface area contributed by atoms with E-state index in [2.05, 4.69) is 6.92 Å². The number of ether oxygens (including phenoxy) is 5. The number of Topliss-reactive ketones (excluding diaryl/α,β-unsaturated/α-hetero) is 1. The molecular formula is C43H66ClNO10. The van der Waals surface area contributed by atoms with Gasteiger partial charge in [0.2, 0.25) is 5.79 Å². The molecule has 4 aliphatic rings. The van der Waals surface area contributed by atoms with E-state index < -0.39 is 59.8 Å². The van der Waals surface area contributed by atoms with Gasteiger partial charge < -0.3 is 33.7 Å². The fraction of sp³-hybridized carbons (Fsp3) is 0.767. The second kappa shape index (κ2) is 20.3. The topological polar surface area (TPSA) is 138 Å². The van der Waals surface area contributed by atoms with E-state index in [1.54, 1.807) is 34.3 Å². The van der Waals surface area contributed by atoms with Gasteiger partial charge in [-0.2, -0.15) is 0 Å². The molecule has 0 unspecified atom stereocenters. The molecule has 310 valence electrons. The Hall–Kier alpha value is -2.41. The molecule has 4 rings (SSSR count). The van der Waals surface area contributed by atoms with Crippen LogP contribution in [0.3, 0.4) is 0 Å². The molecule has 1 N–H and O–H groups in total. The predicted octanol–water partition coefficient (Wildman–Crippen LogP) is 6.52. The van der Waals surface area contributed by atoms with Gasteiger partial charge in [0.25, 0.3) is 11.7 Å². The monoisotopic (exact) mass is 791 g/mol. The summed E-state index contributed by atoms with van der Waals surface area (Å²) >= 11 is 6.61. The van der Waals surface area contributed by atoms with E-state index in [1.165, 1.54) is 4.90 Å². The Morgan fingerprint density at radius 3 is 2.24 bits per heavy atom. The number of carbonyl (C=O) groups excluding carboxylic acids is 4. The van der Waals surface area contributed by atoms with E-state index in [0.29, 0.717) is 57.8 Å². The number of amides is 1. The summed E-state index contributed by atoms with van der Waals surface area (Å²) in [6.45, 7) is 11.8. The van der Waals surface area contributed by atoms with Crippen LogP contribution in [0.5, 0.6) is 0 Å². The molecular weight excluding hydrogens is 726 g/mol. The van der Waals surface area contributed by atoms with Gasteiger partial charge in [-0.15, -0.1) is 11.6 Å². The highest BCUT2D eigenvalue weighted by molar-refractivity contribution is 6.39. The van der Waals surface area contributed by atoms with Crippen molar-refractivity contribution in [3.63, 3.8) is 0 Å². The third-order valence-electron chi connectivity index (χ3n) is 12.3. The van der Waals surface area contributed by atoms with Crippen LogP contribution in [0.2, 0.25) is 0 Å². The normalized spacial score (nSPS) is 42.0. The minimum absolute atomic E-state index is 0.0191. The molecule has 1 saturated carbocycles. The first-order chi connectivity index (χ1) is 26.1. The summed E-state index contributed by atoms with van der Waals surface area (Å²) in [5.74, 6) is -6.42. The average Bonchev–Trinajstić information content (AvgIpc) is 3.17. The highest BCUT2D eigenvalue weighted by atomic mass is 35.5. The Kier molecular flexibility index (Phi) is 16.7. The number of methoxy groups -OCH3 is 3. The molecule has 1 aliphatic carbocycles. The number of fused-ring (bicyclic) bond motifs is 3. The summed E-state index contributed by atoms with van der Waals surface area (Å²) in [5.41, 5.74) is 1.88. The number of alkyl halides is 1. The molecule has 0 aromatic carbocycles. The summed E-state index contributed by atoms with van der Waals surface area (Å²) in [6.07, 6.45) is 10.3. The van der Waals surface area contributed by atoms with E-state index in [9.17, 15) is 24.3 Å². The quantitative estimate of drug-likeness (QED) is 0.142. The maximum atomic E-state index is 14.3. The van der Waals surface area contributed by atoms with Gasteiger partial charge in [-0.1, -0.05) is 51.5 Å². The van der Waals surface area contributed by atoms with Crippen LogP contribution in [-0.2, 0) is 42.9 Å². The Bertz CT molecular complexity index is 1450. The van der Waals surface area contributed by atoms with Crippen molar-refractivity contribution in [3.8, 4) is 0 Å². The largest absolute Gasteiger partial charge is 0.456 e. The van der Waals surface area contributed by atoms with Crippen LogP contribution >= 0.6 is 11.6 Å². The number of aliphatic hydroxyl groups is 1. The van der Waals surface area contributed by atoms with Crippen molar-refractivity contribution >= 4 is 35.0 Å². The lowest BCUT2D eigenvalue weighted by molar-refractivity contribution is -0.302. The van der Waals surface area contributed by atoms with E-state index in [4.69, 9.17) is 35.3 Å². The Morgan fingerprint density at radius 2 is 1.58 bits per heavy atom. The number of hydrogen-bond donors (Lipinski definition) is 1. The number of halogens is 1. The van der Waals surface area contributed by atoms with Gasteiger partial charge in [0.15, 0.2) is 5.78 Å². The Labute approximate surface area is 333 Å². The average molecular weight is 792 g/mol. The van der Waals surface area contributed by atoms with Crippen molar-refractivity contribution in [1.29, 1.82) is 0 Å². The number of allylic oxidation sites excluding steroid dienone is 5. The van der Waals surface area contributed by atoms with Crippen LogP contribution < -0.4 is 0 Å². The summed E-state index contributed by atoms with van der Waals surface area (Å²) in [7, 11) is 4.73. The minimum Gasteiger partial charge on any atom is -0.456 e. The zero-order valence-corrected chi connectivity index (χ0v) is 35.2. The smallest absolute Gasteiger partial charge is 0.329 e. The highest BCUT2D eigenvalue weighted by Crippen LogP contribution is 2.40. The first-order valence-corrected chi connectivity index (χ1v) is 20.8. The first kappa shape index (κ1) is 45.3. The second-order valence-corrected chi connectivity index (χ2v) is 17.2. The summed E-state index contributed by atoms with van der Waals surface area (Å²) in [6, 6.07) is -1.03. The number of nitrogens with zero attached hydrogens (tertiary/aromatic N) is 1. The fourth-order valence-corrected chi connectivity index (χ4v) is 9.45. The standard InChI is InChI=1S/C43H66ClNO10/c1-10-30-21-26(3)19-27(4)22-36(52-8)39-37(53-9)23-29(6)43(50,55-39)40(47)41(48)45-18-12-11-13-33(45)42(49)54-38(28(5)20-25(2)14-17-34(30)46)31-15-16-32(44)35(24-31)51-7/h14,17,20-21,25,27,29-33,35-39,50H,10-13,15-16,18-19,22-24H2,1-9H3/b17-14+,26-21+,28-20+/t25-,27+,29-,30-,31-,32+,33+,35-,36+,37+,38+,39-,43-/m1/s1. The predicted molar refractivity (Wildman–Crippen MR) is 210 cm³/mol. The van der Waals surface area contributed by atoms with Crippen molar-refractivity contribution in [2.45, 2.75) is 153 Å². The molecule has 13 atom stereocenters. The number of hydrogen-bond acceptors (Lipinski definition) is 10. The lowest BCUT2D eigenvalue weighted by Crippen LogP contribution is -2.64. The fourth-order valence-electron chi connectivity index (χ4n) is 9.12. The van der Waals surface area contributed by atoms with Crippen LogP contribution in [0.25, 0.3) is 0 Å². The van der Waals surface area contributed by atoms with Crippen molar-refractivity contribution in [3.05, 3.63) is 35.5 Å². The lowest BCUT2D eigenvalue weighted by atomic mass is 9.80. The van der Waals surface area contributed by atoms with Gasteiger partial charge in [0.1, 0.15) is 18.2 Å². The van der Waals surface area contributed by atoms with E-state index >= 15 is 0 Å². The SMILES string of the molecule is CC[C@@H]1/C=C(\C)C[C@H](C)C[C@H](OC)[C@H]2O[C@@](O)(C(=O)C(=O)N3CCCC[C@H]3C(=O)O[C@H]([C@@H]3CC[C@H](Cl)[C@H](OC)C3)/C(C)=C/[C@H](C)/C=C/C1=O)[C@H](C)C[C@@H]2OC. The summed E-state index contributed by atoms with van der Waals surface area (Å²) in [4.78, 5) is 57.5. The molecule has 3 aliphatic heterocycles. The third-order valence-corrected chi connectivity index (χ3v) is 12.8. The van der Waals surface area contributed by atoms with E-state index in [-0.39, 0.29) is 53.9 Å². The Morgan fingerprint density at radius 1 is 0.909 bits per heavy atom. The maximum Gasteiger partial charge on any atom is 0.329 e. The van der Waals surface area contributed by atoms with Crippen LogP contribution in [0.15, 0.2) is 35.5 Å². The molecule has 3 heterocycles. The van der Waals surface area contributed by atoms with Crippen molar-refractivity contribution in [2.24, 2.45) is 29.6 Å². The van der Waals surface area contributed by atoms with Gasteiger partial charge >= 0.3 is 5.97 Å². The molecule has 2 saturated heterocycles. The molecule has 0 spiro atoms. The second-order valence-electron chi connectivity index (χ2n) is 16.6. The van der Waals surface area contributed by atoms with Gasteiger partial charge in [0, 0.05) is 45.6 Å². The molecule has 11 nitrogen and oxygen atoms in total. The molecule has 1 amide bonds. The van der Waals surface area contributed by atoms with Crippen LogP contribution in [0, 0.1) is 29.6 Å². The zero-order chi connectivity index (χ0) is 40.6. The molecule has 0 radical (unpaired) electrons. The Balaban J connectivity index is 1.77. The van der Waals surface area contributed by atoms with Crippen LogP contribution in [0.1, 0.15) is 106 Å². The highest BCUT2D eigenvalue weighted by Gasteiger charge is 2.56. The lowest BCUT2D eigenvalue weighted by Gasteiger charge is -2.47. The van der Waals surface area contributed by atoms with E-state index in [1.807, 2.05) is 45.9 Å². The van der Waals surface area contributed by atoms with Crippen LogP contribution in [0.4, 0.5) is 0 Å². The number of carbonyl (C=O) groups is 4. The maximum absolute atomic E-state index is 14.3. The third kappa shape index (κ3) is 11.0. The minimum atomic E-state index is -2.47. The van der Waals surface area contributed by atoms with Gasteiger partial charge in [-0.25, -0.2) is 4.79 Å². The molecule has 0 aromatic heterocycles. The van der Waals surface area contributed by atoms with Crippen molar-refractivity contribution in [1.82, 2.24) is 4.90 Å². The summed E-state index contributed by atoms with van der Waals surface area (Å²) < 4.78 is 30.1. The molecule has 12 heteroatoms. The summed E-state index contributed by atoms with van der Waals surface area (Å²) in [5, 5.41) is 11.9. The molecule has 2 bridgehead atoms. The number of rotatable bonds is 5. The first-order valence-electron chi connectivity index (χ1n) is 20.3. The van der Waals surface area contributed by atoms with Crippen molar-refractivity contribution in [2.75, 3.05) is 27.9 Å². The number of ketones is 2.